The average molecular weight is 523 g/mol. The average Bonchev–Trinajstić information content (AvgIpc) is 2.54. The third-order valence-electron chi connectivity index (χ3n) is 4.13. The molecule has 1 fully saturated rings. The minimum absolute atomic E-state index is 0. The summed E-state index contributed by atoms with van der Waals surface area (Å²) in [6.45, 7) is 11.9. The second kappa shape index (κ2) is 11.8. The van der Waals surface area contributed by atoms with Crippen LogP contribution in [0.25, 0.3) is 0 Å². The fourth-order valence-electron chi connectivity index (χ4n) is 2.52. The van der Waals surface area contributed by atoms with Gasteiger partial charge in [0, 0.05) is 47.0 Å². The van der Waals surface area contributed by atoms with Crippen LogP contribution in [0.15, 0.2) is 4.99 Å². The minimum atomic E-state index is -3.10. The third kappa shape index (κ3) is 8.83. The molecule has 1 rings (SSSR count). The van der Waals surface area contributed by atoms with E-state index in [0.717, 1.165) is 19.4 Å². The summed E-state index contributed by atoms with van der Waals surface area (Å²) in [4.78, 5) is 4.51. The normalized spacial score (nSPS) is 18.9. The van der Waals surface area contributed by atoms with Crippen LogP contribution in [0.2, 0.25) is 0 Å². The molecule has 1 aliphatic heterocycles. The standard InChI is InChI=1S/C16H34N4O3S2.HI/c1-6-17-15(18-10-13-24(21)16(3,4)5)19-14-8-11-20(12-9-14)25(22,23)7-2;/h14H,6-13H2,1-5H3,(H2,17,18,19);1H. The Morgan fingerprint density at radius 3 is 2.27 bits per heavy atom. The molecule has 0 aliphatic carbocycles. The lowest BCUT2D eigenvalue weighted by Gasteiger charge is -2.32. The van der Waals surface area contributed by atoms with Crippen LogP contribution in [-0.4, -0.2) is 71.4 Å². The summed E-state index contributed by atoms with van der Waals surface area (Å²) in [7, 11) is -4.01. The second-order valence-corrected chi connectivity index (χ2v) is 11.7. The van der Waals surface area contributed by atoms with E-state index in [2.05, 4.69) is 15.6 Å². The summed E-state index contributed by atoms with van der Waals surface area (Å²) in [5.41, 5.74) is 0. The second-order valence-electron chi connectivity index (χ2n) is 7.14. The van der Waals surface area contributed by atoms with Gasteiger partial charge in [-0.1, -0.05) is 0 Å². The van der Waals surface area contributed by atoms with Crippen molar-refractivity contribution in [3.8, 4) is 0 Å². The Kier molecular flexibility index (Phi) is 11.8. The first kappa shape index (κ1) is 26.1. The molecule has 156 valence electrons. The van der Waals surface area contributed by atoms with Crippen molar-refractivity contribution in [3.63, 3.8) is 0 Å². The van der Waals surface area contributed by atoms with E-state index in [0.29, 0.717) is 31.3 Å². The van der Waals surface area contributed by atoms with Gasteiger partial charge in [0.2, 0.25) is 10.0 Å². The molecule has 0 aromatic carbocycles. The summed E-state index contributed by atoms with van der Waals surface area (Å²) >= 11 is 0. The predicted molar refractivity (Wildman–Crippen MR) is 121 cm³/mol. The number of halogens is 1. The van der Waals surface area contributed by atoms with Crippen LogP contribution >= 0.6 is 24.0 Å². The summed E-state index contributed by atoms with van der Waals surface area (Å²) in [5, 5.41) is 6.58. The van der Waals surface area contributed by atoms with Crippen LogP contribution in [0.4, 0.5) is 0 Å². The molecule has 1 atom stereocenters. The Bertz CT molecular complexity index is 569. The van der Waals surface area contributed by atoms with E-state index < -0.39 is 20.8 Å². The Morgan fingerprint density at radius 2 is 1.81 bits per heavy atom. The molecule has 10 heteroatoms. The van der Waals surface area contributed by atoms with E-state index >= 15 is 0 Å². The van der Waals surface area contributed by atoms with Crippen LogP contribution in [0, 0.1) is 0 Å². The van der Waals surface area contributed by atoms with Gasteiger partial charge in [-0.3, -0.25) is 9.20 Å². The van der Waals surface area contributed by atoms with Gasteiger partial charge < -0.3 is 10.6 Å². The van der Waals surface area contributed by atoms with E-state index in [9.17, 15) is 12.6 Å². The maximum absolute atomic E-state index is 12.1. The van der Waals surface area contributed by atoms with E-state index in [1.165, 1.54) is 0 Å². The SMILES string of the molecule is CCNC(=NCCS(=O)C(C)(C)C)NC1CCN(S(=O)(=O)CC)CC1.I. The van der Waals surface area contributed by atoms with Gasteiger partial charge in [0.25, 0.3) is 0 Å². The van der Waals surface area contributed by atoms with Crippen molar-refractivity contribution in [2.45, 2.75) is 58.2 Å². The first-order valence-corrected chi connectivity index (χ1v) is 11.9. The van der Waals surface area contributed by atoms with Crippen LogP contribution in [0.3, 0.4) is 0 Å². The first-order valence-electron chi connectivity index (χ1n) is 9.01. The zero-order valence-electron chi connectivity index (χ0n) is 16.6. The Labute approximate surface area is 178 Å². The molecule has 0 aromatic heterocycles. The number of sulfonamides is 1. The van der Waals surface area contributed by atoms with Crippen molar-refractivity contribution in [2.75, 3.05) is 37.7 Å². The quantitative estimate of drug-likeness (QED) is 0.301. The van der Waals surface area contributed by atoms with Crippen molar-refractivity contribution in [3.05, 3.63) is 0 Å². The van der Waals surface area contributed by atoms with Gasteiger partial charge in [0.05, 0.1) is 12.3 Å². The van der Waals surface area contributed by atoms with Crippen molar-refractivity contribution in [1.29, 1.82) is 0 Å². The van der Waals surface area contributed by atoms with Gasteiger partial charge in [-0.05, 0) is 47.5 Å². The molecule has 1 unspecified atom stereocenters. The molecule has 0 amide bonds. The number of aliphatic imine (C=N–C) groups is 1. The molecular formula is C16H35IN4O3S2. The third-order valence-corrected chi connectivity index (χ3v) is 7.93. The molecular weight excluding hydrogens is 487 g/mol. The lowest BCUT2D eigenvalue weighted by atomic mass is 10.1. The molecule has 0 saturated carbocycles. The molecule has 1 aliphatic rings. The number of guanidine groups is 1. The highest BCUT2D eigenvalue weighted by molar-refractivity contribution is 14.0. The highest BCUT2D eigenvalue weighted by Crippen LogP contribution is 2.14. The zero-order valence-corrected chi connectivity index (χ0v) is 20.5. The van der Waals surface area contributed by atoms with Crippen LogP contribution < -0.4 is 10.6 Å². The van der Waals surface area contributed by atoms with E-state index in [1.807, 2.05) is 27.7 Å². The number of nitrogens with one attached hydrogen (secondary N) is 2. The van der Waals surface area contributed by atoms with Gasteiger partial charge >= 0.3 is 0 Å². The summed E-state index contributed by atoms with van der Waals surface area (Å²) in [6, 6.07) is 0.203. The molecule has 0 bridgehead atoms. The van der Waals surface area contributed by atoms with E-state index in [1.54, 1.807) is 11.2 Å². The molecule has 1 heterocycles. The number of nitrogens with zero attached hydrogens (tertiary/aromatic N) is 2. The number of hydrogen-bond donors (Lipinski definition) is 2. The maximum atomic E-state index is 12.1. The molecule has 0 spiro atoms. The molecule has 26 heavy (non-hydrogen) atoms. The topological polar surface area (TPSA) is 90.9 Å². The van der Waals surface area contributed by atoms with Crippen molar-refractivity contribution in [1.82, 2.24) is 14.9 Å². The molecule has 1 saturated heterocycles. The van der Waals surface area contributed by atoms with E-state index in [4.69, 9.17) is 0 Å². The maximum Gasteiger partial charge on any atom is 0.213 e. The molecule has 0 aromatic rings. The Balaban J connectivity index is 0.00000625. The summed E-state index contributed by atoms with van der Waals surface area (Å²) in [6.07, 6.45) is 1.52. The van der Waals surface area contributed by atoms with Crippen molar-refractivity contribution < 1.29 is 12.6 Å². The number of hydrogen-bond acceptors (Lipinski definition) is 4. The lowest BCUT2D eigenvalue weighted by molar-refractivity contribution is 0.306. The van der Waals surface area contributed by atoms with Gasteiger partial charge in [-0.15, -0.1) is 24.0 Å². The van der Waals surface area contributed by atoms with Gasteiger partial charge in [-0.2, -0.15) is 0 Å². The fourth-order valence-corrected chi connectivity index (χ4v) is 4.52. The molecule has 7 nitrogen and oxygen atoms in total. The Hall–Kier alpha value is 0.0600. The minimum Gasteiger partial charge on any atom is -0.357 e. The van der Waals surface area contributed by atoms with Gasteiger partial charge in [0.1, 0.15) is 0 Å². The largest absolute Gasteiger partial charge is 0.357 e. The fraction of sp³-hybridized carbons (Fsp3) is 0.938. The van der Waals surface area contributed by atoms with Crippen molar-refractivity contribution >= 4 is 50.8 Å². The van der Waals surface area contributed by atoms with Crippen LogP contribution in [-0.2, 0) is 20.8 Å². The monoisotopic (exact) mass is 522 g/mol. The van der Waals surface area contributed by atoms with Crippen LogP contribution in [0.1, 0.15) is 47.5 Å². The highest BCUT2D eigenvalue weighted by atomic mass is 127. The molecule has 2 N–H and O–H groups in total. The van der Waals surface area contributed by atoms with Crippen molar-refractivity contribution in [2.24, 2.45) is 4.99 Å². The molecule has 0 radical (unpaired) electrons. The smallest absolute Gasteiger partial charge is 0.213 e. The predicted octanol–water partition coefficient (Wildman–Crippen LogP) is 1.52. The highest BCUT2D eigenvalue weighted by Gasteiger charge is 2.27. The zero-order chi connectivity index (χ0) is 19.1. The van der Waals surface area contributed by atoms with Crippen LogP contribution in [0.5, 0.6) is 0 Å². The summed E-state index contributed by atoms with van der Waals surface area (Å²) in [5.74, 6) is 1.40. The lowest BCUT2D eigenvalue weighted by Crippen LogP contribution is -2.50. The Morgan fingerprint density at radius 1 is 1.23 bits per heavy atom. The summed E-state index contributed by atoms with van der Waals surface area (Å²) < 4.78 is 37.3. The number of rotatable bonds is 7. The number of piperidine rings is 1. The van der Waals surface area contributed by atoms with Gasteiger partial charge in [-0.25, -0.2) is 12.7 Å². The first-order chi connectivity index (χ1) is 11.6. The van der Waals surface area contributed by atoms with Gasteiger partial charge in [0.15, 0.2) is 5.96 Å². The van der Waals surface area contributed by atoms with E-state index in [-0.39, 0.29) is 40.5 Å².